The van der Waals surface area contributed by atoms with Gasteiger partial charge in [-0.05, 0) is 43.2 Å². The number of piperidine rings is 1. The molecule has 1 aliphatic carbocycles. The number of hydrogen-bond donors (Lipinski definition) is 2. The Labute approximate surface area is 120 Å². The average Bonchev–Trinajstić information content (AvgIpc) is 2.42. The molecule has 1 aromatic heterocycles. The minimum absolute atomic E-state index is 0.378. The van der Waals surface area contributed by atoms with Crippen LogP contribution >= 0.6 is 0 Å². The highest BCUT2D eigenvalue weighted by Gasteiger charge is 2.26. The maximum Gasteiger partial charge on any atom is 0.149 e. The van der Waals surface area contributed by atoms with Gasteiger partial charge in [0.15, 0.2) is 0 Å². The molecule has 5 nitrogen and oxygen atoms in total. The van der Waals surface area contributed by atoms with Crippen molar-refractivity contribution < 1.29 is 4.74 Å². The number of ether oxygens (including phenoxy) is 1. The van der Waals surface area contributed by atoms with Crippen molar-refractivity contribution in [3.05, 3.63) is 11.6 Å². The zero-order chi connectivity index (χ0) is 14.1. The van der Waals surface area contributed by atoms with Crippen molar-refractivity contribution in [2.45, 2.75) is 44.1 Å². The fraction of sp³-hybridized carbons (Fsp3) is 0.667. The summed E-state index contributed by atoms with van der Waals surface area (Å²) < 4.78 is 5.41. The fourth-order valence-corrected chi connectivity index (χ4v) is 3.12. The molecular formula is C15H24N4O. The SMILES string of the molecule is COC1CCN(c2cc(C3CCC3)c(N)c(N)n2)CC1. The van der Waals surface area contributed by atoms with Gasteiger partial charge < -0.3 is 21.1 Å². The van der Waals surface area contributed by atoms with Crippen LogP contribution in [0.1, 0.15) is 43.6 Å². The summed E-state index contributed by atoms with van der Waals surface area (Å²) in [5, 5.41) is 0. The molecule has 0 spiro atoms. The first kappa shape index (κ1) is 13.5. The molecule has 4 N–H and O–H groups in total. The molecule has 2 heterocycles. The van der Waals surface area contributed by atoms with E-state index in [-0.39, 0.29) is 0 Å². The van der Waals surface area contributed by atoms with Crippen LogP contribution in [0, 0.1) is 0 Å². The Hall–Kier alpha value is -1.49. The molecular weight excluding hydrogens is 252 g/mol. The van der Waals surface area contributed by atoms with Gasteiger partial charge in [-0.3, -0.25) is 0 Å². The van der Waals surface area contributed by atoms with Crippen LogP contribution in [0.4, 0.5) is 17.3 Å². The predicted molar refractivity (Wildman–Crippen MR) is 81.9 cm³/mol. The minimum atomic E-state index is 0.378. The van der Waals surface area contributed by atoms with E-state index < -0.39 is 0 Å². The molecule has 2 aliphatic rings. The first-order chi connectivity index (χ1) is 9.69. The maximum absolute atomic E-state index is 6.11. The number of hydrogen-bond acceptors (Lipinski definition) is 5. The summed E-state index contributed by atoms with van der Waals surface area (Å²) in [5.41, 5.74) is 14.0. The van der Waals surface area contributed by atoms with E-state index in [1.165, 1.54) is 24.8 Å². The lowest BCUT2D eigenvalue weighted by molar-refractivity contribution is 0.0818. The van der Waals surface area contributed by atoms with Crippen molar-refractivity contribution >= 4 is 17.3 Å². The first-order valence-electron chi connectivity index (χ1n) is 7.52. The largest absolute Gasteiger partial charge is 0.396 e. The molecule has 0 amide bonds. The van der Waals surface area contributed by atoms with Gasteiger partial charge in [0.2, 0.25) is 0 Å². The molecule has 1 aromatic rings. The van der Waals surface area contributed by atoms with Gasteiger partial charge in [-0.25, -0.2) is 4.98 Å². The van der Waals surface area contributed by atoms with Gasteiger partial charge in [0.25, 0.3) is 0 Å². The summed E-state index contributed by atoms with van der Waals surface area (Å²) in [6.45, 7) is 1.94. The van der Waals surface area contributed by atoms with Crippen molar-refractivity contribution in [1.29, 1.82) is 0 Å². The smallest absolute Gasteiger partial charge is 0.149 e. The zero-order valence-corrected chi connectivity index (χ0v) is 12.1. The lowest BCUT2D eigenvalue weighted by Gasteiger charge is -2.34. The van der Waals surface area contributed by atoms with Crippen molar-refractivity contribution in [3.63, 3.8) is 0 Å². The number of anilines is 3. The van der Waals surface area contributed by atoms with E-state index in [0.717, 1.165) is 31.7 Å². The van der Waals surface area contributed by atoms with Gasteiger partial charge in [-0.1, -0.05) is 6.42 Å². The summed E-state index contributed by atoms with van der Waals surface area (Å²) in [5.74, 6) is 2.04. The third-order valence-corrected chi connectivity index (χ3v) is 4.75. The first-order valence-corrected chi connectivity index (χ1v) is 7.52. The zero-order valence-electron chi connectivity index (χ0n) is 12.1. The molecule has 0 atom stereocenters. The van der Waals surface area contributed by atoms with Crippen LogP contribution in [0.5, 0.6) is 0 Å². The topological polar surface area (TPSA) is 77.4 Å². The highest BCUT2D eigenvalue weighted by atomic mass is 16.5. The van der Waals surface area contributed by atoms with Gasteiger partial charge >= 0.3 is 0 Å². The number of pyridine rings is 1. The van der Waals surface area contributed by atoms with E-state index in [4.69, 9.17) is 16.2 Å². The summed E-state index contributed by atoms with van der Waals surface area (Å²) in [6.07, 6.45) is 6.20. The molecule has 1 saturated carbocycles. The molecule has 0 aromatic carbocycles. The Balaban J connectivity index is 1.81. The molecule has 110 valence electrons. The van der Waals surface area contributed by atoms with E-state index in [9.17, 15) is 0 Å². The van der Waals surface area contributed by atoms with Crippen LogP contribution in [0.2, 0.25) is 0 Å². The molecule has 20 heavy (non-hydrogen) atoms. The lowest BCUT2D eigenvalue weighted by atomic mass is 9.79. The van der Waals surface area contributed by atoms with Gasteiger partial charge in [0.1, 0.15) is 11.6 Å². The van der Waals surface area contributed by atoms with Crippen LogP contribution in [0.25, 0.3) is 0 Å². The van der Waals surface area contributed by atoms with Crippen LogP contribution in [0.15, 0.2) is 6.07 Å². The predicted octanol–water partition coefficient (Wildman–Crippen LogP) is 2.13. The lowest BCUT2D eigenvalue weighted by Crippen LogP contribution is -2.37. The second-order valence-electron chi connectivity index (χ2n) is 5.92. The Morgan fingerprint density at radius 3 is 2.45 bits per heavy atom. The van der Waals surface area contributed by atoms with Crippen molar-refractivity contribution in [2.24, 2.45) is 0 Å². The van der Waals surface area contributed by atoms with E-state index >= 15 is 0 Å². The quantitative estimate of drug-likeness (QED) is 0.884. The minimum Gasteiger partial charge on any atom is -0.396 e. The Morgan fingerprint density at radius 1 is 1.20 bits per heavy atom. The summed E-state index contributed by atoms with van der Waals surface area (Å²) in [4.78, 5) is 6.79. The molecule has 3 rings (SSSR count). The highest BCUT2D eigenvalue weighted by molar-refractivity contribution is 5.68. The second kappa shape index (κ2) is 5.48. The molecule has 0 bridgehead atoms. The number of nitrogens with zero attached hydrogens (tertiary/aromatic N) is 2. The third-order valence-electron chi connectivity index (χ3n) is 4.75. The standard InChI is InChI=1S/C15H24N4O/c1-20-11-5-7-19(8-6-11)13-9-12(10-3-2-4-10)14(16)15(17)18-13/h9-11H,2-8,16H2,1H3,(H2,17,18). The van der Waals surface area contributed by atoms with Crippen molar-refractivity contribution in [2.75, 3.05) is 36.6 Å². The molecule has 1 saturated heterocycles. The van der Waals surface area contributed by atoms with Crippen molar-refractivity contribution in [1.82, 2.24) is 4.98 Å². The molecule has 1 aliphatic heterocycles. The Bertz CT molecular complexity index is 479. The monoisotopic (exact) mass is 276 g/mol. The van der Waals surface area contributed by atoms with E-state index in [2.05, 4.69) is 16.0 Å². The Morgan fingerprint density at radius 2 is 1.90 bits per heavy atom. The molecule has 2 fully saturated rings. The molecule has 0 unspecified atom stereocenters. The van der Waals surface area contributed by atoms with Gasteiger partial charge in [-0.15, -0.1) is 0 Å². The summed E-state index contributed by atoms with van der Waals surface area (Å²) >= 11 is 0. The van der Waals surface area contributed by atoms with E-state index in [1.807, 2.05) is 0 Å². The maximum atomic E-state index is 6.11. The van der Waals surface area contributed by atoms with Crippen LogP contribution in [-0.4, -0.2) is 31.3 Å². The van der Waals surface area contributed by atoms with Crippen LogP contribution in [-0.2, 0) is 4.74 Å². The summed E-state index contributed by atoms with van der Waals surface area (Å²) in [6, 6.07) is 2.16. The number of nitrogens with two attached hydrogens (primary N) is 2. The van der Waals surface area contributed by atoms with Gasteiger partial charge in [-0.2, -0.15) is 0 Å². The fourth-order valence-electron chi connectivity index (χ4n) is 3.12. The van der Waals surface area contributed by atoms with Crippen LogP contribution in [0.3, 0.4) is 0 Å². The normalized spacial score (nSPS) is 20.9. The van der Waals surface area contributed by atoms with Gasteiger partial charge in [0, 0.05) is 20.2 Å². The number of rotatable bonds is 3. The number of aromatic nitrogens is 1. The van der Waals surface area contributed by atoms with Crippen LogP contribution < -0.4 is 16.4 Å². The molecule has 5 heteroatoms. The second-order valence-corrected chi connectivity index (χ2v) is 5.92. The summed E-state index contributed by atoms with van der Waals surface area (Å²) in [7, 11) is 1.79. The Kier molecular flexibility index (Phi) is 3.70. The molecule has 0 radical (unpaired) electrons. The van der Waals surface area contributed by atoms with Gasteiger partial charge in [0.05, 0.1) is 11.8 Å². The number of nitrogen functional groups attached to an aromatic ring is 2. The number of methoxy groups -OCH3 is 1. The van der Waals surface area contributed by atoms with E-state index in [1.54, 1.807) is 7.11 Å². The third kappa shape index (κ3) is 2.42. The van der Waals surface area contributed by atoms with E-state index in [0.29, 0.717) is 23.5 Å². The highest BCUT2D eigenvalue weighted by Crippen LogP contribution is 2.41. The van der Waals surface area contributed by atoms with Crippen molar-refractivity contribution in [3.8, 4) is 0 Å². The average molecular weight is 276 g/mol.